The first-order valence-electron chi connectivity index (χ1n) is 6.13. The minimum absolute atomic E-state index is 0.308. The smallest absolute Gasteiger partial charge is 0.131 e. The maximum Gasteiger partial charge on any atom is 0.131 e. The molecule has 104 valence electrons. The molecule has 2 aromatic carbocycles. The van der Waals surface area contributed by atoms with Crippen molar-refractivity contribution >= 4 is 27.5 Å². The Bertz CT molecular complexity index is 662. The number of aliphatic hydroxyl groups is 1. The second-order valence-electron chi connectivity index (χ2n) is 4.71. The predicted octanol–water partition coefficient (Wildman–Crippen LogP) is 4.80. The van der Waals surface area contributed by atoms with Gasteiger partial charge in [-0.2, -0.15) is 0 Å². The van der Waals surface area contributed by atoms with E-state index in [1.165, 1.54) is 6.07 Å². The molecule has 1 heterocycles. The number of fused-ring (bicyclic) bond motifs is 1. The first kappa shape index (κ1) is 13.9. The van der Waals surface area contributed by atoms with Crippen molar-refractivity contribution in [2.45, 2.75) is 18.6 Å². The maximum absolute atomic E-state index is 13.9. The summed E-state index contributed by atoms with van der Waals surface area (Å²) >= 11 is 9.10. The van der Waals surface area contributed by atoms with E-state index in [1.807, 2.05) is 12.1 Å². The van der Waals surface area contributed by atoms with Gasteiger partial charge in [0, 0.05) is 27.0 Å². The summed E-state index contributed by atoms with van der Waals surface area (Å²) in [5.74, 6) is 0.154. The van der Waals surface area contributed by atoms with Crippen LogP contribution in [-0.4, -0.2) is 5.11 Å². The highest BCUT2D eigenvalue weighted by Crippen LogP contribution is 2.42. The van der Waals surface area contributed by atoms with Gasteiger partial charge in [0.1, 0.15) is 17.7 Å². The van der Waals surface area contributed by atoms with Gasteiger partial charge in [-0.3, -0.25) is 0 Å². The van der Waals surface area contributed by atoms with Crippen molar-refractivity contribution < 1.29 is 14.2 Å². The van der Waals surface area contributed by atoms with E-state index in [1.54, 1.807) is 18.2 Å². The number of hydrogen-bond acceptors (Lipinski definition) is 2. The summed E-state index contributed by atoms with van der Waals surface area (Å²) in [4.78, 5) is 0. The van der Waals surface area contributed by atoms with Crippen LogP contribution in [0.1, 0.15) is 29.8 Å². The van der Waals surface area contributed by atoms with Gasteiger partial charge >= 0.3 is 0 Å². The van der Waals surface area contributed by atoms with Gasteiger partial charge in [0.2, 0.25) is 0 Å². The number of halogens is 3. The fourth-order valence-electron chi connectivity index (χ4n) is 2.37. The van der Waals surface area contributed by atoms with Crippen molar-refractivity contribution in [1.82, 2.24) is 0 Å². The van der Waals surface area contributed by atoms with E-state index in [0.717, 1.165) is 4.47 Å². The monoisotopic (exact) mass is 356 g/mol. The van der Waals surface area contributed by atoms with Crippen molar-refractivity contribution in [3.05, 3.63) is 62.8 Å². The predicted molar refractivity (Wildman–Crippen MR) is 78.5 cm³/mol. The molecule has 2 aromatic rings. The molecule has 1 aliphatic heterocycles. The van der Waals surface area contributed by atoms with Crippen LogP contribution in [-0.2, 0) is 0 Å². The molecule has 0 aromatic heterocycles. The summed E-state index contributed by atoms with van der Waals surface area (Å²) in [6, 6.07) is 9.87. The lowest BCUT2D eigenvalue weighted by Crippen LogP contribution is -2.20. The molecule has 0 saturated carbocycles. The van der Waals surface area contributed by atoms with Crippen molar-refractivity contribution in [3.8, 4) is 5.75 Å². The number of benzene rings is 2. The Balaban J connectivity index is 1.97. The molecule has 0 fully saturated rings. The van der Waals surface area contributed by atoms with Crippen LogP contribution in [0.4, 0.5) is 4.39 Å². The van der Waals surface area contributed by atoms with E-state index in [0.29, 0.717) is 28.3 Å². The molecule has 2 atom stereocenters. The molecule has 3 rings (SSSR count). The SMILES string of the molecule is OC1CC(c2ccc(Cl)cc2F)Oc2ccc(Br)cc21. The summed E-state index contributed by atoms with van der Waals surface area (Å²) in [6.45, 7) is 0. The molecule has 1 N–H and O–H groups in total. The van der Waals surface area contributed by atoms with Crippen LogP contribution in [0.25, 0.3) is 0 Å². The molecular weight excluding hydrogens is 347 g/mol. The van der Waals surface area contributed by atoms with Crippen LogP contribution in [0.3, 0.4) is 0 Å². The van der Waals surface area contributed by atoms with E-state index in [4.69, 9.17) is 16.3 Å². The van der Waals surface area contributed by atoms with E-state index >= 15 is 0 Å². The van der Waals surface area contributed by atoms with Gasteiger partial charge in [0.05, 0.1) is 6.10 Å². The quantitative estimate of drug-likeness (QED) is 0.794. The third kappa shape index (κ3) is 2.55. The standard InChI is InChI=1S/C15H11BrClFO2/c16-8-1-4-14-11(5-8)13(19)7-15(20-14)10-3-2-9(17)6-12(10)18/h1-6,13,15,19H,7H2. The lowest BCUT2D eigenvalue weighted by Gasteiger charge is -2.30. The third-order valence-electron chi connectivity index (χ3n) is 3.35. The zero-order valence-electron chi connectivity index (χ0n) is 10.3. The fraction of sp³-hybridized carbons (Fsp3) is 0.200. The summed E-state index contributed by atoms with van der Waals surface area (Å²) in [7, 11) is 0. The second kappa shape index (κ2) is 5.35. The van der Waals surface area contributed by atoms with Gasteiger partial charge in [-0.25, -0.2) is 4.39 Å². The normalized spacial score (nSPS) is 21.2. The Morgan fingerprint density at radius 1 is 1.20 bits per heavy atom. The highest BCUT2D eigenvalue weighted by Gasteiger charge is 2.29. The van der Waals surface area contributed by atoms with E-state index in [-0.39, 0.29) is 0 Å². The molecule has 0 spiro atoms. The van der Waals surface area contributed by atoms with Crippen LogP contribution >= 0.6 is 27.5 Å². The Labute approximate surface area is 129 Å². The first-order chi connectivity index (χ1) is 9.54. The molecule has 5 heteroatoms. The molecular formula is C15H11BrClFO2. The topological polar surface area (TPSA) is 29.5 Å². The highest BCUT2D eigenvalue weighted by molar-refractivity contribution is 9.10. The molecule has 20 heavy (non-hydrogen) atoms. The Morgan fingerprint density at radius 2 is 2.00 bits per heavy atom. The lowest BCUT2D eigenvalue weighted by atomic mass is 9.95. The Morgan fingerprint density at radius 3 is 2.75 bits per heavy atom. The molecule has 2 nitrogen and oxygen atoms in total. The average molecular weight is 358 g/mol. The molecule has 0 radical (unpaired) electrons. The number of hydrogen-bond donors (Lipinski definition) is 1. The molecule has 0 saturated heterocycles. The number of aliphatic hydroxyl groups excluding tert-OH is 1. The zero-order valence-corrected chi connectivity index (χ0v) is 12.7. The molecule has 0 amide bonds. The summed E-state index contributed by atoms with van der Waals surface area (Å²) in [5.41, 5.74) is 1.12. The Hall–Kier alpha value is -1.10. The van der Waals surface area contributed by atoms with Gasteiger partial charge in [-0.15, -0.1) is 0 Å². The fourth-order valence-corrected chi connectivity index (χ4v) is 2.91. The van der Waals surface area contributed by atoms with Gasteiger partial charge in [-0.1, -0.05) is 33.6 Å². The van der Waals surface area contributed by atoms with Crippen molar-refractivity contribution in [2.24, 2.45) is 0 Å². The van der Waals surface area contributed by atoms with Crippen molar-refractivity contribution in [3.63, 3.8) is 0 Å². The highest BCUT2D eigenvalue weighted by atomic mass is 79.9. The summed E-state index contributed by atoms with van der Waals surface area (Å²) in [5, 5.41) is 10.6. The lowest BCUT2D eigenvalue weighted by molar-refractivity contribution is 0.0640. The van der Waals surface area contributed by atoms with Crippen LogP contribution in [0.5, 0.6) is 5.75 Å². The first-order valence-corrected chi connectivity index (χ1v) is 7.31. The van der Waals surface area contributed by atoms with Gasteiger partial charge in [0.25, 0.3) is 0 Å². The average Bonchev–Trinajstić information content (AvgIpc) is 2.39. The molecule has 2 unspecified atom stereocenters. The molecule has 0 bridgehead atoms. The molecule has 1 aliphatic rings. The van der Waals surface area contributed by atoms with Crippen molar-refractivity contribution in [1.29, 1.82) is 0 Å². The van der Waals surface area contributed by atoms with Crippen LogP contribution in [0.2, 0.25) is 5.02 Å². The maximum atomic E-state index is 13.9. The van der Waals surface area contributed by atoms with Crippen LogP contribution < -0.4 is 4.74 Å². The largest absolute Gasteiger partial charge is 0.485 e. The number of ether oxygens (including phenoxy) is 1. The van der Waals surface area contributed by atoms with E-state index in [2.05, 4.69) is 15.9 Å². The van der Waals surface area contributed by atoms with E-state index < -0.39 is 18.0 Å². The second-order valence-corrected chi connectivity index (χ2v) is 6.06. The third-order valence-corrected chi connectivity index (χ3v) is 4.08. The van der Waals surface area contributed by atoms with Gasteiger partial charge < -0.3 is 9.84 Å². The Kier molecular flexibility index (Phi) is 3.71. The summed E-state index contributed by atoms with van der Waals surface area (Å²) in [6.07, 6.45) is -0.894. The van der Waals surface area contributed by atoms with Crippen LogP contribution in [0.15, 0.2) is 40.9 Å². The van der Waals surface area contributed by atoms with Crippen molar-refractivity contribution in [2.75, 3.05) is 0 Å². The van der Waals surface area contributed by atoms with Crippen LogP contribution in [0, 0.1) is 5.82 Å². The minimum atomic E-state index is -0.684. The zero-order chi connectivity index (χ0) is 14.3. The minimum Gasteiger partial charge on any atom is -0.485 e. The van der Waals surface area contributed by atoms with Gasteiger partial charge in [0.15, 0.2) is 0 Å². The summed E-state index contributed by atoms with van der Waals surface area (Å²) < 4.78 is 20.6. The van der Waals surface area contributed by atoms with Gasteiger partial charge in [-0.05, 0) is 30.3 Å². The molecule has 0 aliphatic carbocycles. The number of rotatable bonds is 1. The van der Waals surface area contributed by atoms with E-state index in [9.17, 15) is 9.50 Å².